The number of aromatic nitrogens is 1. The lowest BCUT2D eigenvalue weighted by Crippen LogP contribution is -2.54. The summed E-state index contributed by atoms with van der Waals surface area (Å²) in [5, 5.41) is 0. The number of nitrogens with zero attached hydrogens (tertiary/aromatic N) is 4. The van der Waals surface area contributed by atoms with Crippen LogP contribution in [0.5, 0.6) is 0 Å². The molecule has 3 aliphatic rings. The van der Waals surface area contributed by atoms with Crippen molar-refractivity contribution in [1.29, 1.82) is 0 Å². The fraction of sp³-hybridized carbons (Fsp3) is 0.519. The third-order valence-electron chi connectivity index (χ3n) is 7.69. The summed E-state index contributed by atoms with van der Waals surface area (Å²) in [5.41, 5.74) is 11.4. The lowest BCUT2D eigenvalue weighted by atomic mass is 9.95. The van der Waals surface area contributed by atoms with Crippen molar-refractivity contribution in [3.05, 3.63) is 59.4 Å². The normalized spacial score (nSPS) is 25.1. The van der Waals surface area contributed by atoms with E-state index in [1.54, 1.807) is 12.4 Å². The number of piperidine rings is 1. The van der Waals surface area contributed by atoms with E-state index >= 15 is 0 Å². The molecule has 0 bridgehead atoms. The molecule has 0 aliphatic carbocycles. The van der Waals surface area contributed by atoms with Crippen molar-refractivity contribution in [3.63, 3.8) is 0 Å². The highest BCUT2D eigenvalue weighted by Gasteiger charge is 2.37. The highest BCUT2D eigenvalue weighted by atomic mass is 16.2. The van der Waals surface area contributed by atoms with Gasteiger partial charge in [-0.25, -0.2) is 10.9 Å². The summed E-state index contributed by atoms with van der Waals surface area (Å²) in [4.78, 5) is 37.0. The summed E-state index contributed by atoms with van der Waals surface area (Å²) in [6.45, 7) is 8.67. The molecule has 2 amide bonds. The van der Waals surface area contributed by atoms with Gasteiger partial charge in [0.05, 0.1) is 5.92 Å². The minimum absolute atomic E-state index is 0.0857. The highest BCUT2D eigenvalue weighted by molar-refractivity contribution is 5.84. The molecule has 0 spiro atoms. The first kappa shape index (κ1) is 23.8. The van der Waals surface area contributed by atoms with Crippen LogP contribution in [-0.4, -0.2) is 71.9 Å². The molecule has 0 radical (unpaired) electrons. The van der Waals surface area contributed by atoms with E-state index in [1.165, 1.54) is 16.8 Å². The number of rotatable bonds is 4. The maximum absolute atomic E-state index is 13.4. The minimum Gasteiger partial charge on any atom is -0.368 e. The maximum atomic E-state index is 13.4. The van der Waals surface area contributed by atoms with Gasteiger partial charge in [0.25, 0.3) is 0 Å². The van der Waals surface area contributed by atoms with E-state index in [-0.39, 0.29) is 29.8 Å². The Hall–Kier alpha value is -2.97. The number of benzene rings is 1. The number of carbonyl (C=O) groups is 2. The van der Waals surface area contributed by atoms with Gasteiger partial charge in [-0.1, -0.05) is 12.1 Å². The van der Waals surface area contributed by atoms with Crippen LogP contribution >= 0.6 is 0 Å². The van der Waals surface area contributed by atoms with Gasteiger partial charge in [-0.15, -0.1) is 0 Å². The number of pyridine rings is 1. The molecular formula is C27H36N6O2. The maximum Gasteiger partial charge on any atom is 0.241 e. The molecule has 1 aromatic heterocycles. The number of anilines is 1. The van der Waals surface area contributed by atoms with E-state index in [4.69, 9.17) is 0 Å². The fourth-order valence-corrected chi connectivity index (χ4v) is 5.62. The third-order valence-corrected chi connectivity index (χ3v) is 7.69. The first-order valence-corrected chi connectivity index (χ1v) is 12.8. The lowest BCUT2D eigenvalue weighted by Gasteiger charge is -2.40. The van der Waals surface area contributed by atoms with Gasteiger partial charge in [-0.2, -0.15) is 0 Å². The smallest absolute Gasteiger partial charge is 0.241 e. The zero-order valence-corrected chi connectivity index (χ0v) is 20.7. The summed E-state index contributed by atoms with van der Waals surface area (Å²) in [7, 11) is 0. The van der Waals surface area contributed by atoms with Crippen LogP contribution in [0, 0.1) is 19.8 Å². The Kier molecular flexibility index (Phi) is 7.02. The number of nitrogens with one attached hydrogen (secondary N) is 2. The molecule has 2 aromatic rings. The topological polar surface area (TPSA) is 80.8 Å². The van der Waals surface area contributed by atoms with E-state index in [9.17, 15) is 9.59 Å². The van der Waals surface area contributed by atoms with Gasteiger partial charge in [0.1, 0.15) is 6.04 Å². The molecule has 3 fully saturated rings. The number of piperazine rings is 1. The number of carbonyl (C=O) groups excluding carboxylic acids is 2. The van der Waals surface area contributed by atoms with E-state index in [2.05, 4.69) is 52.8 Å². The van der Waals surface area contributed by atoms with Crippen LogP contribution in [0.2, 0.25) is 0 Å². The minimum atomic E-state index is -0.275. The van der Waals surface area contributed by atoms with Crippen LogP contribution < -0.4 is 15.8 Å². The molecule has 8 nitrogen and oxygen atoms in total. The van der Waals surface area contributed by atoms with Gasteiger partial charge >= 0.3 is 0 Å². The van der Waals surface area contributed by atoms with Gasteiger partial charge in [0.15, 0.2) is 0 Å². The largest absolute Gasteiger partial charge is 0.368 e. The lowest BCUT2D eigenvalue weighted by molar-refractivity contribution is -0.142. The molecule has 3 atom stereocenters. The summed E-state index contributed by atoms with van der Waals surface area (Å²) >= 11 is 0. The van der Waals surface area contributed by atoms with Gasteiger partial charge in [-0.05, 0) is 68.0 Å². The molecule has 3 saturated heterocycles. The van der Waals surface area contributed by atoms with Crippen LogP contribution in [0.25, 0.3) is 0 Å². The molecule has 5 rings (SSSR count). The predicted octanol–water partition coefficient (Wildman–Crippen LogP) is 2.19. The Morgan fingerprint density at radius 2 is 1.69 bits per heavy atom. The van der Waals surface area contributed by atoms with Crippen LogP contribution in [0.3, 0.4) is 0 Å². The zero-order chi connectivity index (χ0) is 24.4. The van der Waals surface area contributed by atoms with Crippen molar-refractivity contribution < 1.29 is 9.59 Å². The molecule has 8 heteroatoms. The van der Waals surface area contributed by atoms with Crippen molar-refractivity contribution in [2.75, 3.05) is 44.2 Å². The highest BCUT2D eigenvalue weighted by Crippen LogP contribution is 2.27. The molecular weight excluding hydrogens is 440 g/mol. The van der Waals surface area contributed by atoms with Crippen LogP contribution in [0.1, 0.15) is 42.0 Å². The second-order valence-electron chi connectivity index (χ2n) is 10.1. The van der Waals surface area contributed by atoms with Gasteiger partial charge < -0.3 is 14.7 Å². The molecule has 186 valence electrons. The van der Waals surface area contributed by atoms with E-state index < -0.39 is 0 Å². The zero-order valence-electron chi connectivity index (χ0n) is 20.7. The monoisotopic (exact) mass is 476 g/mol. The summed E-state index contributed by atoms with van der Waals surface area (Å²) in [6, 6.07) is 10.3. The Morgan fingerprint density at radius 1 is 0.914 bits per heavy atom. The number of likely N-dealkylation sites (tertiary alicyclic amines) is 1. The average molecular weight is 477 g/mol. The van der Waals surface area contributed by atoms with E-state index in [0.29, 0.717) is 13.0 Å². The number of amides is 2. The Morgan fingerprint density at radius 3 is 2.46 bits per heavy atom. The number of hydrazine groups is 1. The summed E-state index contributed by atoms with van der Waals surface area (Å²) in [6.07, 6.45) is 5.97. The Bertz CT molecular complexity index is 1050. The third kappa shape index (κ3) is 5.18. The average Bonchev–Trinajstić information content (AvgIpc) is 3.40. The Labute approximate surface area is 207 Å². The predicted molar refractivity (Wildman–Crippen MR) is 136 cm³/mol. The SMILES string of the molecule is Cc1ccc(C)c(N2CCN(C(=O)C3CCCN(C(=O)C4CC(c5ccncc5)NN4)C3)CC2)c1. The quantitative estimate of drug-likeness (QED) is 0.704. The molecule has 4 heterocycles. The van der Waals surface area contributed by atoms with Crippen LogP contribution in [0.4, 0.5) is 5.69 Å². The van der Waals surface area contributed by atoms with Crippen molar-refractivity contribution in [2.24, 2.45) is 5.92 Å². The fourth-order valence-electron chi connectivity index (χ4n) is 5.62. The van der Waals surface area contributed by atoms with Gasteiger partial charge in [0.2, 0.25) is 11.8 Å². The number of hydrogen-bond donors (Lipinski definition) is 2. The first-order valence-electron chi connectivity index (χ1n) is 12.8. The summed E-state index contributed by atoms with van der Waals surface area (Å²) in [5.74, 6) is 0.187. The van der Waals surface area contributed by atoms with Crippen molar-refractivity contribution in [2.45, 2.75) is 45.2 Å². The van der Waals surface area contributed by atoms with Crippen molar-refractivity contribution in [1.82, 2.24) is 25.6 Å². The van der Waals surface area contributed by atoms with Gasteiger partial charge in [-0.3, -0.25) is 14.6 Å². The van der Waals surface area contributed by atoms with Crippen LogP contribution in [-0.2, 0) is 9.59 Å². The number of hydrogen-bond acceptors (Lipinski definition) is 6. The summed E-state index contributed by atoms with van der Waals surface area (Å²) < 4.78 is 0. The Balaban J connectivity index is 1.15. The molecule has 3 aliphatic heterocycles. The van der Waals surface area contributed by atoms with Crippen molar-refractivity contribution in [3.8, 4) is 0 Å². The van der Waals surface area contributed by atoms with E-state index in [0.717, 1.165) is 51.1 Å². The second kappa shape index (κ2) is 10.3. The standard InChI is InChI=1S/C27H36N6O2/c1-19-5-6-20(2)25(16-19)31-12-14-32(15-13-31)26(34)22-4-3-11-33(18-22)27(35)24-17-23(29-30-24)21-7-9-28-10-8-21/h5-10,16,22-24,29-30H,3-4,11-15,17-18H2,1-2H3. The molecule has 3 unspecified atom stereocenters. The van der Waals surface area contributed by atoms with Crippen LogP contribution in [0.15, 0.2) is 42.7 Å². The molecule has 0 saturated carbocycles. The van der Waals surface area contributed by atoms with Crippen molar-refractivity contribution >= 4 is 17.5 Å². The molecule has 35 heavy (non-hydrogen) atoms. The van der Waals surface area contributed by atoms with E-state index in [1.807, 2.05) is 21.9 Å². The number of aryl methyl sites for hydroxylation is 2. The first-order chi connectivity index (χ1) is 17.0. The molecule has 1 aromatic carbocycles. The molecule has 2 N–H and O–H groups in total. The van der Waals surface area contributed by atoms with Gasteiger partial charge in [0, 0.05) is 63.4 Å². The second-order valence-corrected chi connectivity index (χ2v) is 10.1.